The summed E-state index contributed by atoms with van der Waals surface area (Å²) in [7, 11) is 2.03. The first-order chi connectivity index (χ1) is 6.36. The molecule has 2 heteroatoms. The van der Waals surface area contributed by atoms with E-state index in [1.54, 1.807) is 0 Å². The molecule has 1 nitrogen and oxygen atoms in total. The smallest absolute Gasteiger partial charge is 0.0835 e. The fourth-order valence-electron chi connectivity index (χ4n) is 1.98. The predicted octanol–water partition coefficient (Wildman–Crippen LogP) is 2.25. The van der Waals surface area contributed by atoms with Crippen LogP contribution in [0.1, 0.15) is 25.7 Å². The van der Waals surface area contributed by atoms with Gasteiger partial charge in [0.2, 0.25) is 0 Å². The first-order valence-corrected chi connectivity index (χ1v) is 5.59. The molecule has 0 heterocycles. The zero-order chi connectivity index (χ0) is 9.52. The molecule has 1 N–H and O–H groups in total. The number of halogens is 1. The van der Waals surface area contributed by atoms with Crippen LogP contribution >= 0.6 is 11.6 Å². The van der Waals surface area contributed by atoms with Crippen molar-refractivity contribution in [2.45, 2.75) is 25.7 Å². The number of hydrogen-bond donors (Lipinski definition) is 1. The summed E-state index contributed by atoms with van der Waals surface area (Å²) in [4.78, 5) is 0. The van der Waals surface area contributed by atoms with Crippen LogP contribution in [-0.2, 0) is 0 Å². The van der Waals surface area contributed by atoms with Crippen LogP contribution in [-0.4, -0.2) is 19.5 Å². The quantitative estimate of drug-likeness (QED) is 0.532. The molecule has 1 fully saturated rings. The van der Waals surface area contributed by atoms with E-state index in [-0.39, 0.29) is 0 Å². The Kier molecular flexibility index (Phi) is 5.27. The van der Waals surface area contributed by atoms with E-state index in [1.807, 2.05) is 7.05 Å². The van der Waals surface area contributed by atoms with E-state index in [9.17, 15) is 0 Å². The zero-order valence-electron chi connectivity index (χ0n) is 8.28. The van der Waals surface area contributed by atoms with Gasteiger partial charge in [-0.15, -0.1) is 11.6 Å². The van der Waals surface area contributed by atoms with Crippen molar-refractivity contribution in [1.82, 2.24) is 5.32 Å². The van der Waals surface area contributed by atoms with Gasteiger partial charge in [0.15, 0.2) is 0 Å². The number of alkyl halides is 1. The Morgan fingerprint density at radius 3 is 2.54 bits per heavy atom. The van der Waals surface area contributed by atoms with Gasteiger partial charge in [0.1, 0.15) is 0 Å². The number of rotatable bonds is 2. The van der Waals surface area contributed by atoms with Gasteiger partial charge < -0.3 is 5.32 Å². The average molecular weight is 200 g/mol. The Morgan fingerprint density at radius 1 is 1.31 bits per heavy atom. The minimum absolute atomic E-state index is 0.483. The third kappa shape index (κ3) is 4.02. The predicted molar refractivity (Wildman–Crippen MR) is 57.9 cm³/mol. The minimum Gasteiger partial charge on any atom is -0.319 e. The van der Waals surface area contributed by atoms with E-state index in [0.717, 1.165) is 12.5 Å². The van der Waals surface area contributed by atoms with Crippen LogP contribution in [0.5, 0.6) is 0 Å². The summed E-state index contributed by atoms with van der Waals surface area (Å²) in [6.07, 6.45) is 5.16. The number of nitrogens with one attached hydrogen (secondary N) is 1. The highest BCUT2D eigenvalue weighted by molar-refractivity contribution is 6.19. The Balaban J connectivity index is 2.22. The van der Waals surface area contributed by atoms with E-state index < -0.39 is 0 Å². The van der Waals surface area contributed by atoms with Crippen molar-refractivity contribution in [1.29, 1.82) is 0 Å². The molecule has 0 bridgehead atoms. The largest absolute Gasteiger partial charge is 0.319 e. The maximum atomic E-state index is 5.52. The molecule has 0 spiro atoms. The van der Waals surface area contributed by atoms with Crippen molar-refractivity contribution in [2.75, 3.05) is 19.5 Å². The SMILES string of the molecule is CNC[C@H]1CC[C@H](C#CCCl)CC1. The van der Waals surface area contributed by atoms with Crippen molar-refractivity contribution in [3.8, 4) is 11.8 Å². The van der Waals surface area contributed by atoms with Crippen molar-refractivity contribution in [3.63, 3.8) is 0 Å². The molecule has 74 valence electrons. The average Bonchev–Trinajstić information content (AvgIpc) is 2.17. The molecule has 0 aliphatic heterocycles. The van der Waals surface area contributed by atoms with Gasteiger partial charge in [-0.25, -0.2) is 0 Å². The van der Waals surface area contributed by atoms with E-state index in [2.05, 4.69) is 17.2 Å². The van der Waals surface area contributed by atoms with Gasteiger partial charge in [-0.3, -0.25) is 0 Å². The summed E-state index contributed by atoms with van der Waals surface area (Å²) < 4.78 is 0. The molecule has 0 saturated heterocycles. The van der Waals surface area contributed by atoms with E-state index in [1.165, 1.54) is 25.7 Å². The normalized spacial score (nSPS) is 27.8. The third-order valence-electron chi connectivity index (χ3n) is 2.71. The summed E-state index contributed by atoms with van der Waals surface area (Å²) in [6.45, 7) is 1.16. The molecular formula is C11H18ClN. The lowest BCUT2D eigenvalue weighted by Gasteiger charge is -2.25. The summed E-state index contributed by atoms with van der Waals surface area (Å²) in [5.74, 6) is 8.17. The topological polar surface area (TPSA) is 12.0 Å². The first kappa shape index (κ1) is 10.9. The second-order valence-corrected chi connectivity index (χ2v) is 4.00. The molecule has 1 saturated carbocycles. The van der Waals surface area contributed by atoms with Crippen LogP contribution in [0.4, 0.5) is 0 Å². The van der Waals surface area contributed by atoms with Gasteiger partial charge in [-0.05, 0) is 45.2 Å². The highest BCUT2D eigenvalue weighted by Gasteiger charge is 2.18. The molecule has 0 radical (unpaired) electrons. The molecule has 0 aromatic heterocycles. The molecule has 13 heavy (non-hydrogen) atoms. The third-order valence-corrected chi connectivity index (χ3v) is 2.85. The van der Waals surface area contributed by atoms with Crippen molar-refractivity contribution >= 4 is 11.6 Å². The van der Waals surface area contributed by atoms with E-state index in [4.69, 9.17) is 11.6 Å². The van der Waals surface area contributed by atoms with Crippen LogP contribution in [0.15, 0.2) is 0 Å². The Bertz CT molecular complexity index is 184. The van der Waals surface area contributed by atoms with Gasteiger partial charge in [-0.2, -0.15) is 0 Å². The van der Waals surface area contributed by atoms with E-state index >= 15 is 0 Å². The lowest BCUT2D eigenvalue weighted by Crippen LogP contribution is -2.23. The van der Waals surface area contributed by atoms with Crippen molar-refractivity contribution in [2.24, 2.45) is 11.8 Å². The highest BCUT2D eigenvalue weighted by Crippen LogP contribution is 2.27. The molecule has 1 aliphatic carbocycles. The van der Waals surface area contributed by atoms with Gasteiger partial charge in [0.25, 0.3) is 0 Å². The fourth-order valence-corrected chi connectivity index (χ4v) is 2.06. The molecule has 1 aliphatic rings. The molecule has 0 aromatic carbocycles. The first-order valence-electron chi connectivity index (χ1n) is 5.05. The summed E-state index contributed by atoms with van der Waals surface area (Å²) >= 11 is 5.52. The van der Waals surface area contributed by atoms with Crippen LogP contribution in [0.2, 0.25) is 0 Å². The van der Waals surface area contributed by atoms with Crippen LogP contribution in [0.3, 0.4) is 0 Å². The van der Waals surface area contributed by atoms with Gasteiger partial charge in [0.05, 0.1) is 5.88 Å². The zero-order valence-corrected chi connectivity index (χ0v) is 9.03. The molecular weight excluding hydrogens is 182 g/mol. The lowest BCUT2D eigenvalue weighted by atomic mass is 9.82. The molecule has 1 rings (SSSR count). The highest BCUT2D eigenvalue weighted by atomic mass is 35.5. The van der Waals surface area contributed by atoms with Crippen molar-refractivity contribution in [3.05, 3.63) is 0 Å². The van der Waals surface area contributed by atoms with Crippen LogP contribution in [0, 0.1) is 23.7 Å². The maximum absolute atomic E-state index is 5.52. The Hall–Kier alpha value is -0.190. The second kappa shape index (κ2) is 6.29. The Labute approximate surface area is 86.2 Å². The van der Waals surface area contributed by atoms with Gasteiger partial charge in [0, 0.05) is 5.92 Å². The molecule has 0 amide bonds. The Morgan fingerprint density at radius 2 is 2.00 bits per heavy atom. The molecule has 0 atom stereocenters. The standard InChI is InChI=1S/C11H18ClN/c1-13-9-11-6-4-10(5-7-11)3-2-8-12/h10-11,13H,4-9H2,1H3/t10-,11-. The second-order valence-electron chi connectivity index (χ2n) is 3.73. The summed E-state index contributed by atoms with van der Waals surface area (Å²) in [5.41, 5.74) is 0. The summed E-state index contributed by atoms with van der Waals surface area (Å²) in [6, 6.07) is 0. The van der Waals surface area contributed by atoms with Gasteiger partial charge >= 0.3 is 0 Å². The van der Waals surface area contributed by atoms with Crippen LogP contribution < -0.4 is 5.32 Å². The molecule has 0 aromatic rings. The van der Waals surface area contributed by atoms with E-state index in [0.29, 0.717) is 11.8 Å². The van der Waals surface area contributed by atoms with Crippen molar-refractivity contribution < 1.29 is 0 Å². The monoisotopic (exact) mass is 199 g/mol. The maximum Gasteiger partial charge on any atom is 0.0835 e. The lowest BCUT2D eigenvalue weighted by molar-refractivity contribution is 0.311. The molecule has 0 unspecified atom stereocenters. The fraction of sp³-hybridized carbons (Fsp3) is 0.818. The minimum atomic E-state index is 0.483. The number of hydrogen-bond acceptors (Lipinski definition) is 1. The summed E-state index contributed by atoms with van der Waals surface area (Å²) in [5, 5.41) is 3.24. The van der Waals surface area contributed by atoms with Crippen LogP contribution in [0.25, 0.3) is 0 Å². The van der Waals surface area contributed by atoms with Gasteiger partial charge in [-0.1, -0.05) is 11.8 Å².